The highest BCUT2D eigenvalue weighted by molar-refractivity contribution is 5.95. The number of nitrogens with one attached hydrogen (secondary N) is 1. The summed E-state index contributed by atoms with van der Waals surface area (Å²) in [5, 5.41) is 12.6. The molecule has 1 aliphatic carbocycles. The van der Waals surface area contributed by atoms with Crippen LogP contribution in [0.25, 0.3) is 27.9 Å². The van der Waals surface area contributed by atoms with Crippen LogP contribution < -0.4 is 5.73 Å². The van der Waals surface area contributed by atoms with E-state index in [1.54, 1.807) is 19.1 Å². The molecule has 2 aliphatic rings. The number of H-pyrrole nitrogens is 1. The Labute approximate surface area is 209 Å². The number of allylic oxidation sites excluding steroid dienone is 6. The summed E-state index contributed by atoms with van der Waals surface area (Å²) in [6.45, 7) is 4.57. The van der Waals surface area contributed by atoms with Crippen molar-refractivity contribution in [2.75, 3.05) is 19.3 Å². The molecule has 3 aromatic heterocycles. The average Bonchev–Trinajstić information content (AvgIpc) is 3.22. The van der Waals surface area contributed by atoms with Crippen molar-refractivity contribution in [2.24, 2.45) is 0 Å². The maximum Gasteiger partial charge on any atom is 0.220 e. The molecular formula is C28H29FN6O. The Balaban J connectivity index is 1.63. The van der Waals surface area contributed by atoms with Crippen LogP contribution in [0, 0.1) is 0 Å². The van der Waals surface area contributed by atoms with E-state index in [4.69, 9.17) is 5.73 Å². The van der Waals surface area contributed by atoms with E-state index in [2.05, 4.69) is 49.3 Å². The summed E-state index contributed by atoms with van der Waals surface area (Å²) in [6, 6.07) is 3.73. The zero-order chi connectivity index (χ0) is 25.4. The van der Waals surface area contributed by atoms with Crippen LogP contribution in [-0.4, -0.2) is 43.5 Å². The summed E-state index contributed by atoms with van der Waals surface area (Å²) in [4.78, 5) is 18.7. The lowest BCUT2D eigenvalue weighted by Gasteiger charge is -2.29. The molecule has 0 amide bonds. The molecule has 3 aromatic rings. The highest BCUT2D eigenvalue weighted by Gasteiger charge is 2.37. The fourth-order valence-corrected chi connectivity index (χ4v) is 4.62. The van der Waals surface area contributed by atoms with Gasteiger partial charge in [0.05, 0.1) is 11.4 Å². The van der Waals surface area contributed by atoms with E-state index in [1.165, 1.54) is 6.08 Å². The Morgan fingerprint density at radius 1 is 1.25 bits per heavy atom. The highest BCUT2D eigenvalue weighted by atomic mass is 19.1. The number of aliphatic hydroxyl groups is 1. The summed E-state index contributed by atoms with van der Waals surface area (Å²) in [5.74, 6) is -0.469. The summed E-state index contributed by atoms with van der Waals surface area (Å²) in [5.41, 5.74) is 9.86. The second kappa shape index (κ2) is 9.20. The normalized spacial score (nSPS) is 17.8. The Morgan fingerprint density at radius 2 is 2.08 bits per heavy atom. The second-order valence-electron chi connectivity index (χ2n) is 9.31. The van der Waals surface area contributed by atoms with Crippen LogP contribution in [-0.2, 0) is 5.60 Å². The van der Waals surface area contributed by atoms with Crippen LogP contribution in [0.4, 0.5) is 10.3 Å². The van der Waals surface area contributed by atoms with Crippen molar-refractivity contribution >= 4 is 22.6 Å². The van der Waals surface area contributed by atoms with Crippen LogP contribution in [0.5, 0.6) is 0 Å². The van der Waals surface area contributed by atoms with Gasteiger partial charge in [0.25, 0.3) is 0 Å². The monoisotopic (exact) mass is 484 g/mol. The molecule has 4 N–H and O–H groups in total. The minimum Gasteiger partial charge on any atom is -0.379 e. The molecule has 8 heteroatoms. The molecule has 1 unspecified atom stereocenters. The second-order valence-corrected chi connectivity index (χ2v) is 9.31. The Morgan fingerprint density at radius 3 is 2.86 bits per heavy atom. The first kappa shape index (κ1) is 23.7. The number of rotatable bonds is 5. The molecule has 0 radical (unpaired) electrons. The van der Waals surface area contributed by atoms with Gasteiger partial charge in [-0.25, -0.2) is 19.3 Å². The summed E-state index contributed by atoms with van der Waals surface area (Å²) in [6.07, 6.45) is 15.5. The van der Waals surface area contributed by atoms with Crippen molar-refractivity contribution in [3.63, 3.8) is 0 Å². The van der Waals surface area contributed by atoms with E-state index in [1.807, 2.05) is 32.4 Å². The molecule has 4 heterocycles. The van der Waals surface area contributed by atoms with Gasteiger partial charge in [0, 0.05) is 54.3 Å². The van der Waals surface area contributed by atoms with Gasteiger partial charge in [0.15, 0.2) is 0 Å². The number of fused-ring (bicyclic) bond motifs is 1. The SMILES string of the molecule is CCC(O)(C1=CC=C(C)CC=C1F)c1cc(-c2c[nH]c3ncc(C4=CN(C)CC=C4)cc23)nc(N)n1. The fourth-order valence-electron chi connectivity index (χ4n) is 4.62. The van der Waals surface area contributed by atoms with Crippen LogP contribution in [0.3, 0.4) is 0 Å². The molecule has 0 bridgehead atoms. The van der Waals surface area contributed by atoms with Gasteiger partial charge in [-0.1, -0.05) is 36.8 Å². The van der Waals surface area contributed by atoms with Gasteiger partial charge >= 0.3 is 0 Å². The molecule has 1 atom stereocenters. The molecular weight excluding hydrogens is 455 g/mol. The first-order valence-electron chi connectivity index (χ1n) is 12.0. The number of halogens is 1. The lowest BCUT2D eigenvalue weighted by atomic mass is 9.85. The largest absolute Gasteiger partial charge is 0.379 e. The molecule has 0 spiro atoms. The molecule has 7 nitrogen and oxygen atoms in total. The zero-order valence-electron chi connectivity index (χ0n) is 20.6. The van der Waals surface area contributed by atoms with Crippen molar-refractivity contribution in [1.29, 1.82) is 0 Å². The van der Waals surface area contributed by atoms with Gasteiger partial charge in [-0.3, -0.25) is 0 Å². The van der Waals surface area contributed by atoms with Gasteiger partial charge < -0.3 is 20.7 Å². The maximum atomic E-state index is 15.1. The standard InChI is InChI=1S/C28H29FN6O/c1-4-28(36,22-9-7-17(2)8-10-23(22)29)25-13-24(33-27(30)34-25)21-15-32-26-20(21)12-19(14-31-26)18-6-5-11-35(3)16-18/h5-7,9-10,12-16,36H,4,8,11H2,1-3H3,(H,31,32)(H2,30,33,34). The third-order valence-corrected chi connectivity index (χ3v) is 6.71. The van der Waals surface area contributed by atoms with E-state index in [0.29, 0.717) is 17.8 Å². The summed E-state index contributed by atoms with van der Waals surface area (Å²) < 4.78 is 15.1. The summed E-state index contributed by atoms with van der Waals surface area (Å²) >= 11 is 0. The van der Waals surface area contributed by atoms with Crippen LogP contribution in [0.2, 0.25) is 0 Å². The predicted molar refractivity (Wildman–Crippen MR) is 141 cm³/mol. The average molecular weight is 485 g/mol. The number of aromatic nitrogens is 4. The van der Waals surface area contributed by atoms with Gasteiger partial charge in [-0.15, -0.1) is 0 Å². The molecule has 5 rings (SSSR count). The molecule has 0 fully saturated rings. The number of hydrogen-bond acceptors (Lipinski definition) is 6. The van der Waals surface area contributed by atoms with Crippen molar-refractivity contribution in [1.82, 2.24) is 24.8 Å². The number of nitrogens with two attached hydrogens (primary N) is 1. The van der Waals surface area contributed by atoms with Gasteiger partial charge in [0.1, 0.15) is 17.1 Å². The minimum atomic E-state index is -1.68. The molecule has 0 saturated heterocycles. The Kier molecular flexibility index (Phi) is 6.05. The molecule has 0 aromatic carbocycles. The highest BCUT2D eigenvalue weighted by Crippen LogP contribution is 2.40. The maximum absolute atomic E-state index is 15.1. The number of nitrogens with zero attached hydrogens (tertiary/aromatic N) is 4. The summed E-state index contributed by atoms with van der Waals surface area (Å²) in [7, 11) is 2.02. The van der Waals surface area contributed by atoms with E-state index in [0.717, 1.165) is 34.2 Å². The van der Waals surface area contributed by atoms with Crippen LogP contribution >= 0.6 is 0 Å². The van der Waals surface area contributed by atoms with Gasteiger partial charge in [0.2, 0.25) is 5.95 Å². The predicted octanol–water partition coefficient (Wildman–Crippen LogP) is 5.17. The van der Waals surface area contributed by atoms with Gasteiger partial charge in [-0.05, 0) is 43.5 Å². The Hall–Kier alpha value is -4.04. The zero-order valence-corrected chi connectivity index (χ0v) is 20.6. The lowest BCUT2D eigenvalue weighted by molar-refractivity contribution is 0.0669. The third kappa shape index (κ3) is 4.24. The van der Waals surface area contributed by atoms with Crippen molar-refractivity contribution < 1.29 is 9.50 Å². The lowest BCUT2D eigenvalue weighted by Crippen LogP contribution is -2.30. The number of pyridine rings is 1. The first-order valence-corrected chi connectivity index (χ1v) is 12.0. The van der Waals surface area contributed by atoms with E-state index in [9.17, 15) is 5.11 Å². The first-order chi connectivity index (χ1) is 17.3. The smallest absolute Gasteiger partial charge is 0.220 e. The van der Waals surface area contributed by atoms with Crippen LogP contribution in [0.1, 0.15) is 37.9 Å². The Bertz CT molecular complexity index is 1490. The number of anilines is 1. The minimum absolute atomic E-state index is 0.00211. The fraction of sp³-hybridized carbons (Fsp3) is 0.250. The number of nitrogen functional groups attached to an aromatic ring is 1. The molecule has 184 valence electrons. The van der Waals surface area contributed by atoms with E-state index >= 15 is 4.39 Å². The van der Waals surface area contributed by atoms with E-state index in [-0.39, 0.29) is 23.6 Å². The molecule has 0 saturated carbocycles. The van der Waals surface area contributed by atoms with Crippen molar-refractivity contribution in [3.8, 4) is 11.3 Å². The quantitative estimate of drug-likeness (QED) is 0.461. The third-order valence-electron chi connectivity index (χ3n) is 6.71. The van der Waals surface area contributed by atoms with E-state index < -0.39 is 11.4 Å². The topological polar surface area (TPSA) is 104 Å². The number of aromatic amines is 1. The van der Waals surface area contributed by atoms with Crippen molar-refractivity contribution in [2.45, 2.75) is 32.3 Å². The molecule has 1 aliphatic heterocycles. The van der Waals surface area contributed by atoms with Gasteiger partial charge in [-0.2, -0.15) is 0 Å². The molecule has 36 heavy (non-hydrogen) atoms. The van der Waals surface area contributed by atoms with Crippen molar-refractivity contribution in [3.05, 3.63) is 89.3 Å². The number of likely N-dealkylation sites (N-methyl/N-ethyl adjacent to an activating group) is 1. The van der Waals surface area contributed by atoms with Crippen LogP contribution in [0.15, 0.2) is 78.1 Å². The number of hydrogen-bond donors (Lipinski definition) is 3.